The molecule has 112 valence electrons. The second kappa shape index (κ2) is 7.78. The van der Waals surface area contributed by atoms with Crippen molar-refractivity contribution in [3.05, 3.63) is 21.0 Å². The van der Waals surface area contributed by atoms with E-state index in [2.05, 4.69) is 43.4 Å². The molecule has 2 rings (SSSR count). The van der Waals surface area contributed by atoms with E-state index in [4.69, 9.17) is 0 Å². The maximum atomic E-state index is 11.4. The average molecular weight is 343 g/mol. The third-order valence-electron chi connectivity index (χ3n) is 4.00. The fourth-order valence-corrected chi connectivity index (χ4v) is 3.09. The first-order valence-electron chi connectivity index (χ1n) is 7.36. The molecular formula is C14H23BrN4O. The molecule has 1 aromatic heterocycles. The molecule has 6 heteroatoms. The first kappa shape index (κ1) is 15.5. The lowest BCUT2D eigenvalue weighted by Crippen LogP contribution is -2.34. The lowest BCUT2D eigenvalue weighted by Gasteiger charge is -2.31. The number of nitrogens with one attached hydrogen (secondary N) is 2. The summed E-state index contributed by atoms with van der Waals surface area (Å²) in [5.74, 6) is 0. The van der Waals surface area contributed by atoms with Gasteiger partial charge in [-0.05, 0) is 48.8 Å². The Balaban J connectivity index is 1.70. The Morgan fingerprint density at radius 2 is 2.20 bits per heavy atom. The van der Waals surface area contributed by atoms with Gasteiger partial charge in [-0.3, -0.25) is 4.79 Å². The Morgan fingerprint density at radius 3 is 2.95 bits per heavy atom. The molecule has 1 aliphatic rings. The predicted molar refractivity (Wildman–Crippen MR) is 85.2 cm³/mol. The lowest BCUT2D eigenvalue weighted by molar-refractivity contribution is 0.191. The van der Waals surface area contributed by atoms with Crippen LogP contribution in [-0.4, -0.2) is 41.3 Å². The number of anilines is 1. The van der Waals surface area contributed by atoms with Gasteiger partial charge in [0.1, 0.15) is 4.47 Å². The number of H-pyrrole nitrogens is 1. The molecule has 0 spiro atoms. The summed E-state index contributed by atoms with van der Waals surface area (Å²) in [5.41, 5.74) is 0.559. The SMILES string of the molecule is CN(CCCNc1cn[nH]c(=O)c1Br)C1CCCCC1. The minimum Gasteiger partial charge on any atom is -0.383 e. The second-order valence-electron chi connectivity index (χ2n) is 5.48. The highest BCUT2D eigenvalue weighted by molar-refractivity contribution is 9.10. The van der Waals surface area contributed by atoms with Crippen molar-refractivity contribution >= 4 is 21.6 Å². The molecule has 2 N–H and O–H groups in total. The minimum atomic E-state index is -0.200. The molecule has 0 aliphatic heterocycles. The van der Waals surface area contributed by atoms with Crippen molar-refractivity contribution in [2.75, 3.05) is 25.5 Å². The summed E-state index contributed by atoms with van der Waals surface area (Å²) in [6.45, 7) is 1.94. The summed E-state index contributed by atoms with van der Waals surface area (Å²) in [6, 6.07) is 0.761. The number of hydrogen-bond acceptors (Lipinski definition) is 4. The normalized spacial score (nSPS) is 16.6. The van der Waals surface area contributed by atoms with E-state index in [1.54, 1.807) is 6.20 Å². The fourth-order valence-electron chi connectivity index (χ4n) is 2.76. The maximum absolute atomic E-state index is 11.4. The van der Waals surface area contributed by atoms with Crippen LogP contribution in [0.15, 0.2) is 15.5 Å². The van der Waals surface area contributed by atoms with Crippen molar-refractivity contribution in [2.45, 2.75) is 44.6 Å². The standard InChI is InChI=1S/C14H23BrN4O/c1-19(11-6-3-2-4-7-11)9-5-8-16-12-10-17-18-14(20)13(12)15/h10-11H,2-9H2,1H3,(H2,16,18,20). The van der Waals surface area contributed by atoms with E-state index in [-0.39, 0.29) is 5.56 Å². The van der Waals surface area contributed by atoms with E-state index < -0.39 is 0 Å². The van der Waals surface area contributed by atoms with Gasteiger partial charge in [0.25, 0.3) is 5.56 Å². The average Bonchev–Trinajstić information content (AvgIpc) is 2.48. The zero-order valence-electron chi connectivity index (χ0n) is 12.0. The number of rotatable bonds is 6. The predicted octanol–water partition coefficient (Wildman–Crippen LogP) is 2.60. The van der Waals surface area contributed by atoms with Crippen LogP contribution in [-0.2, 0) is 0 Å². The van der Waals surface area contributed by atoms with Gasteiger partial charge in [0.2, 0.25) is 0 Å². The Morgan fingerprint density at radius 1 is 1.45 bits per heavy atom. The summed E-state index contributed by atoms with van der Waals surface area (Å²) in [5, 5.41) is 9.44. The van der Waals surface area contributed by atoms with Crippen LogP contribution in [0.5, 0.6) is 0 Å². The highest BCUT2D eigenvalue weighted by atomic mass is 79.9. The van der Waals surface area contributed by atoms with Gasteiger partial charge in [-0.1, -0.05) is 19.3 Å². The van der Waals surface area contributed by atoms with Gasteiger partial charge >= 0.3 is 0 Å². The van der Waals surface area contributed by atoms with Gasteiger partial charge < -0.3 is 10.2 Å². The molecule has 0 atom stereocenters. The van der Waals surface area contributed by atoms with Crippen molar-refractivity contribution in [1.29, 1.82) is 0 Å². The fraction of sp³-hybridized carbons (Fsp3) is 0.714. The van der Waals surface area contributed by atoms with Crippen LogP contribution in [0.4, 0.5) is 5.69 Å². The minimum absolute atomic E-state index is 0.200. The maximum Gasteiger partial charge on any atom is 0.280 e. The molecule has 0 aromatic carbocycles. The third-order valence-corrected chi connectivity index (χ3v) is 4.78. The first-order chi connectivity index (χ1) is 9.68. The molecule has 1 aromatic rings. The van der Waals surface area contributed by atoms with Crippen molar-refractivity contribution in [1.82, 2.24) is 15.1 Å². The topological polar surface area (TPSA) is 61.0 Å². The van der Waals surface area contributed by atoms with E-state index >= 15 is 0 Å². The molecule has 0 unspecified atom stereocenters. The van der Waals surface area contributed by atoms with E-state index in [9.17, 15) is 4.79 Å². The Kier molecular flexibility index (Phi) is 6.04. The van der Waals surface area contributed by atoms with Gasteiger partial charge in [-0.25, -0.2) is 5.10 Å². The molecule has 20 heavy (non-hydrogen) atoms. The third kappa shape index (κ3) is 4.31. The number of aromatic nitrogens is 2. The number of nitrogens with zero attached hydrogens (tertiary/aromatic N) is 2. The summed E-state index contributed by atoms with van der Waals surface area (Å²) >= 11 is 3.27. The van der Waals surface area contributed by atoms with Gasteiger partial charge in [0.15, 0.2) is 0 Å². The van der Waals surface area contributed by atoms with E-state index in [0.29, 0.717) is 4.47 Å². The van der Waals surface area contributed by atoms with E-state index in [1.807, 2.05) is 0 Å². The van der Waals surface area contributed by atoms with E-state index in [1.165, 1.54) is 32.1 Å². The number of aromatic amines is 1. The smallest absolute Gasteiger partial charge is 0.280 e. The molecule has 1 saturated carbocycles. The Hall–Kier alpha value is -0.880. The zero-order valence-corrected chi connectivity index (χ0v) is 13.6. The van der Waals surface area contributed by atoms with Gasteiger partial charge in [-0.15, -0.1) is 0 Å². The number of halogens is 1. The molecule has 1 fully saturated rings. The van der Waals surface area contributed by atoms with Gasteiger partial charge in [0.05, 0.1) is 11.9 Å². The lowest BCUT2D eigenvalue weighted by atomic mass is 9.94. The van der Waals surface area contributed by atoms with Gasteiger partial charge in [-0.2, -0.15) is 5.10 Å². The summed E-state index contributed by atoms with van der Waals surface area (Å²) in [4.78, 5) is 13.9. The van der Waals surface area contributed by atoms with Crippen LogP contribution >= 0.6 is 15.9 Å². The summed E-state index contributed by atoms with van der Waals surface area (Å²) in [7, 11) is 2.22. The molecule has 0 bridgehead atoms. The zero-order chi connectivity index (χ0) is 14.4. The quantitative estimate of drug-likeness (QED) is 0.780. The number of hydrogen-bond donors (Lipinski definition) is 2. The van der Waals surface area contributed by atoms with Crippen LogP contribution < -0.4 is 10.9 Å². The van der Waals surface area contributed by atoms with Crippen molar-refractivity contribution in [2.24, 2.45) is 0 Å². The first-order valence-corrected chi connectivity index (χ1v) is 8.15. The molecule has 0 amide bonds. The summed E-state index contributed by atoms with van der Waals surface area (Å²) < 4.78 is 0.521. The van der Waals surface area contributed by atoms with Crippen molar-refractivity contribution in [3.63, 3.8) is 0 Å². The summed E-state index contributed by atoms with van der Waals surface area (Å²) in [6.07, 6.45) is 9.52. The van der Waals surface area contributed by atoms with Crippen LogP contribution in [0.1, 0.15) is 38.5 Å². The van der Waals surface area contributed by atoms with Crippen molar-refractivity contribution in [3.8, 4) is 0 Å². The van der Waals surface area contributed by atoms with Crippen LogP contribution in [0, 0.1) is 0 Å². The monoisotopic (exact) mass is 342 g/mol. The Labute approximate surface area is 128 Å². The molecule has 0 saturated heterocycles. The highest BCUT2D eigenvalue weighted by Crippen LogP contribution is 2.21. The molecule has 0 radical (unpaired) electrons. The van der Waals surface area contributed by atoms with Crippen LogP contribution in [0.25, 0.3) is 0 Å². The highest BCUT2D eigenvalue weighted by Gasteiger charge is 2.17. The van der Waals surface area contributed by atoms with Crippen molar-refractivity contribution < 1.29 is 0 Å². The Bertz CT molecular complexity index is 470. The van der Waals surface area contributed by atoms with Crippen LogP contribution in [0.2, 0.25) is 0 Å². The molecular weight excluding hydrogens is 320 g/mol. The largest absolute Gasteiger partial charge is 0.383 e. The molecule has 5 nitrogen and oxygen atoms in total. The molecule has 1 aliphatic carbocycles. The second-order valence-corrected chi connectivity index (χ2v) is 6.27. The van der Waals surface area contributed by atoms with Gasteiger partial charge in [0, 0.05) is 12.6 Å². The van der Waals surface area contributed by atoms with Crippen LogP contribution in [0.3, 0.4) is 0 Å². The van der Waals surface area contributed by atoms with E-state index in [0.717, 1.165) is 31.2 Å². The molecule has 1 heterocycles.